The summed E-state index contributed by atoms with van der Waals surface area (Å²) in [6, 6.07) is 0. The number of nitrogens with zero attached hydrogens (tertiary/aromatic N) is 1. The Balaban J connectivity index is 2.60. The van der Waals surface area contributed by atoms with Crippen LogP contribution in [0.1, 0.15) is 32.6 Å². The fraction of sp³-hybridized carbons (Fsp3) is 0.917. The van der Waals surface area contributed by atoms with E-state index in [1.54, 1.807) is 0 Å². The Morgan fingerprint density at radius 3 is 2.81 bits per heavy atom. The molecular weight excluding hydrogens is 202 g/mol. The number of nitrogens with one attached hydrogen (secondary N) is 2. The molecule has 94 valence electrons. The zero-order valence-electron chi connectivity index (χ0n) is 10.8. The Kier molecular flexibility index (Phi) is 5.22. The predicted molar refractivity (Wildman–Crippen MR) is 66.4 cm³/mol. The first kappa shape index (κ1) is 13.5. The molecule has 1 saturated heterocycles. The molecule has 0 aromatic heterocycles. The van der Waals surface area contributed by atoms with Gasteiger partial charge in [-0.25, -0.2) is 0 Å². The zero-order valence-corrected chi connectivity index (χ0v) is 10.8. The van der Waals surface area contributed by atoms with E-state index in [0.29, 0.717) is 0 Å². The molecule has 1 heterocycles. The van der Waals surface area contributed by atoms with Crippen LogP contribution in [0.4, 0.5) is 0 Å². The van der Waals surface area contributed by atoms with Crippen molar-refractivity contribution in [2.45, 2.75) is 38.1 Å². The minimum absolute atomic E-state index is 0.266. The molecule has 0 radical (unpaired) electrons. The second-order valence-electron chi connectivity index (χ2n) is 4.69. The van der Waals surface area contributed by atoms with E-state index in [2.05, 4.69) is 17.6 Å². The summed E-state index contributed by atoms with van der Waals surface area (Å²) in [5.74, 6) is 0.266. The summed E-state index contributed by atoms with van der Waals surface area (Å²) in [5.41, 5.74) is -0.267. The topological polar surface area (TPSA) is 44.4 Å². The third-order valence-electron chi connectivity index (χ3n) is 3.37. The molecule has 1 rings (SSSR count). The summed E-state index contributed by atoms with van der Waals surface area (Å²) >= 11 is 0. The Morgan fingerprint density at radius 1 is 1.56 bits per heavy atom. The molecule has 1 unspecified atom stereocenters. The monoisotopic (exact) mass is 227 g/mol. The first-order chi connectivity index (χ1) is 7.66. The number of hydrogen-bond acceptors (Lipinski definition) is 3. The van der Waals surface area contributed by atoms with Crippen LogP contribution in [0.5, 0.6) is 0 Å². The van der Waals surface area contributed by atoms with E-state index in [0.717, 1.165) is 45.3 Å². The van der Waals surface area contributed by atoms with Crippen LogP contribution in [-0.2, 0) is 4.79 Å². The second-order valence-corrected chi connectivity index (χ2v) is 4.69. The molecule has 4 nitrogen and oxygen atoms in total. The van der Waals surface area contributed by atoms with Crippen LogP contribution in [-0.4, -0.2) is 50.1 Å². The van der Waals surface area contributed by atoms with Gasteiger partial charge in [0.05, 0.1) is 5.54 Å². The van der Waals surface area contributed by atoms with E-state index in [-0.39, 0.29) is 11.4 Å². The Bertz CT molecular complexity index is 224. The highest BCUT2D eigenvalue weighted by molar-refractivity contribution is 5.86. The molecule has 1 fully saturated rings. The molecule has 2 N–H and O–H groups in total. The number of likely N-dealkylation sites (N-methyl/N-ethyl adjacent to an activating group) is 2. The molecule has 4 heteroatoms. The van der Waals surface area contributed by atoms with Gasteiger partial charge >= 0.3 is 0 Å². The van der Waals surface area contributed by atoms with E-state index in [9.17, 15) is 4.79 Å². The number of hydrogen-bond donors (Lipinski definition) is 2. The molecule has 0 aromatic rings. The van der Waals surface area contributed by atoms with Gasteiger partial charge in [-0.3, -0.25) is 4.79 Å². The van der Waals surface area contributed by atoms with Gasteiger partial charge in [0.15, 0.2) is 0 Å². The van der Waals surface area contributed by atoms with Crippen LogP contribution in [0.3, 0.4) is 0 Å². The number of carbonyl (C=O) groups is 1. The summed E-state index contributed by atoms with van der Waals surface area (Å²) in [7, 11) is 3.81. The molecule has 1 atom stereocenters. The average Bonchev–Trinajstić information content (AvgIpc) is 2.75. The third-order valence-corrected chi connectivity index (χ3v) is 3.37. The van der Waals surface area contributed by atoms with E-state index in [4.69, 9.17) is 0 Å². The Hall–Kier alpha value is -0.610. The highest BCUT2D eigenvalue weighted by atomic mass is 16.2. The van der Waals surface area contributed by atoms with Crippen LogP contribution in [0.25, 0.3) is 0 Å². The van der Waals surface area contributed by atoms with Crippen molar-refractivity contribution in [1.29, 1.82) is 0 Å². The number of amides is 1. The average molecular weight is 227 g/mol. The fourth-order valence-electron chi connectivity index (χ4n) is 2.48. The predicted octanol–water partition coefficient (Wildman–Crippen LogP) is 0.587. The minimum Gasteiger partial charge on any atom is -0.343 e. The molecule has 16 heavy (non-hydrogen) atoms. The van der Waals surface area contributed by atoms with Crippen molar-refractivity contribution < 1.29 is 4.79 Å². The summed E-state index contributed by atoms with van der Waals surface area (Å²) in [6.45, 7) is 4.75. The molecule has 1 aliphatic heterocycles. The van der Waals surface area contributed by atoms with Gasteiger partial charge in [-0.15, -0.1) is 0 Å². The van der Waals surface area contributed by atoms with Crippen molar-refractivity contribution in [3.05, 3.63) is 0 Å². The van der Waals surface area contributed by atoms with Crippen LogP contribution >= 0.6 is 0 Å². The van der Waals surface area contributed by atoms with Gasteiger partial charge in [0, 0.05) is 20.1 Å². The lowest BCUT2D eigenvalue weighted by atomic mass is 9.90. The van der Waals surface area contributed by atoms with Gasteiger partial charge in [0.25, 0.3) is 0 Å². The largest absolute Gasteiger partial charge is 0.343 e. The quantitative estimate of drug-likeness (QED) is 0.698. The summed E-state index contributed by atoms with van der Waals surface area (Å²) in [5, 5.41) is 6.49. The first-order valence-electron chi connectivity index (χ1n) is 6.31. The van der Waals surface area contributed by atoms with E-state index in [1.807, 2.05) is 19.0 Å². The first-order valence-corrected chi connectivity index (χ1v) is 6.31. The lowest BCUT2D eigenvalue weighted by Crippen LogP contribution is -2.54. The third kappa shape index (κ3) is 2.95. The maximum absolute atomic E-state index is 12.4. The van der Waals surface area contributed by atoms with E-state index in [1.165, 1.54) is 0 Å². The standard InChI is InChI=1S/C12H25N3O/c1-4-6-12(7-5-8-14-12)11(16)15(3)10-9-13-2/h13-14H,4-10H2,1-3H3. The van der Waals surface area contributed by atoms with E-state index >= 15 is 0 Å². The molecule has 0 bridgehead atoms. The Labute approximate surface area is 98.8 Å². The summed E-state index contributed by atoms with van der Waals surface area (Å²) in [6.07, 6.45) is 4.11. The van der Waals surface area contributed by atoms with Gasteiger partial charge in [-0.2, -0.15) is 0 Å². The SMILES string of the molecule is CCCC1(C(=O)N(C)CCNC)CCCN1. The lowest BCUT2D eigenvalue weighted by molar-refractivity contribution is -0.136. The normalized spacial score (nSPS) is 24.7. The highest BCUT2D eigenvalue weighted by Gasteiger charge is 2.41. The summed E-state index contributed by atoms with van der Waals surface area (Å²) in [4.78, 5) is 14.3. The molecular formula is C12H25N3O. The summed E-state index contributed by atoms with van der Waals surface area (Å²) < 4.78 is 0. The second kappa shape index (κ2) is 6.21. The van der Waals surface area contributed by atoms with Crippen molar-refractivity contribution in [3.8, 4) is 0 Å². The van der Waals surface area contributed by atoms with Crippen molar-refractivity contribution >= 4 is 5.91 Å². The fourth-order valence-corrected chi connectivity index (χ4v) is 2.48. The lowest BCUT2D eigenvalue weighted by Gasteiger charge is -2.32. The van der Waals surface area contributed by atoms with Crippen LogP contribution in [0.15, 0.2) is 0 Å². The van der Waals surface area contributed by atoms with Crippen LogP contribution < -0.4 is 10.6 Å². The maximum Gasteiger partial charge on any atom is 0.242 e. The Morgan fingerprint density at radius 2 is 2.31 bits per heavy atom. The maximum atomic E-state index is 12.4. The molecule has 0 spiro atoms. The molecule has 0 aromatic carbocycles. The molecule has 1 aliphatic rings. The zero-order chi connectivity index (χ0) is 12.0. The number of carbonyl (C=O) groups excluding carboxylic acids is 1. The van der Waals surface area contributed by atoms with Crippen LogP contribution in [0.2, 0.25) is 0 Å². The van der Waals surface area contributed by atoms with Gasteiger partial charge in [-0.05, 0) is 32.9 Å². The smallest absolute Gasteiger partial charge is 0.242 e. The van der Waals surface area contributed by atoms with Gasteiger partial charge in [-0.1, -0.05) is 13.3 Å². The van der Waals surface area contributed by atoms with Crippen molar-refractivity contribution in [2.24, 2.45) is 0 Å². The molecule has 0 aliphatic carbocycles. The molecule has 0 saturated carbocycles. The highest BCUT2D eigenvalue weighted by Crippen LogP contribution is 2.26. The van der Waals surface area contributed by atoms with Crippen molar-refractivity contribution in [3.63, 3.8) is 0 Å². The van der Waals surface area contributed by atoms with Gasteiger partial charge in [0.1, 0.15) is 0 Å². The molecule has 1 amide bonds. The van der Waals surface area contributed by atoms with Gasteiger partial charge < -0.3 is 15.5 Å². The van der Waals surface area contributed by atoms with Crippen molar-refractivity contribution in [1.82, 2.24) is 15.5 Å². The minimum atomic E-state index is -0.267. The van der Waals surface area contributed by atoms with Crippen LogP contribution in [0, 0.1) is 0 Å². The number of rotatable bonds is 6. The van der Waals surface area contributed by atoms with E-state index < -0.39 is 0 Å². The van der Waals surface area contributed by atoms with Gasteiger partial charge in [0.2, 0.25) is 5.91 Å². The van der Waals surface area contributed by atoms with Crippen molar-refractivity contribution in [2.75, 3.05) is 33.7 Å².